The third-order valence-electron chi connectivity index (χ3n) is 5.01. The molecule has 0 saturated heterocycles. The average molecular weight is 393 g/mol. The van der Waals surface area contributed by atoms with Crippen molar-refractivity contribution in [1.29, 1.82) is 0 Å². The summed E-state index contributed by atoms with van der Waals surface area (Å²) < 4.78 is 13.3. The van der Waals surface area contributed by atoms with Gasteiger partial charge >= 0.3 is 6.03 Å². The number of urea groups is 1. The fourth-order valence-electron chi connectivity index (χ4n) is 3.14. The first-order chi connectivity index (χ1) is 14.1. The summed E-state index contributed by atoms with van der Waals surface area (Å²) in [5.74, 6) is 1.43. The summed E-state index contributed by atoms with van der Waals surface area (Å²) in [5, 5.41) is 7.04. The number of para-hydroxylation sites is 2. The predicted octanol–water partition coefficient (Wildman–Crippen LogP) is 2.81. The van der Waals surface area contributed by atoms with Crippen molar-refractivity contribution in [3.05, 3.63) is 66.7 Å². The molecule has 2 aromatic carbocycles. The van der Waals surface area contributed by atoms with Gasteiger partial charge in [0.15, 0.2) is 17.6 Å². The number of amides is 2. The molecule has 4 rings (SSSR count). The Bertz CT molecular complexity index is 959. The number of benzene rings is 2. The van der Waals surface area contributed by atoms with E-state index in [9.17, 15) is 4.79 Å². The van der Waals surface area contributed by atoms with E-state index in [4.69, 9.17) is 9.47 Å². The molecule has 8 heteroatoms. The number of hydrogen-bond acceptors (Lipinski definition) is 5. The Morgan fingerprint density at radius 3 is 2.72 bits per heavy atom. The molecule has 0 bridgehead atoms. The van der Waals surface area contributed by atoms with Gasteiger partial charge in [-0.05, 0) is 36.8 Å². The standard InChI is InChI=1S/C21H23N5O3/c1-15(16-7-9-17(10-8-16)26-14-22-13-24-26)25(2)21(27)23-11-18-12-28-19-5-3-4-6-20(19)29-18/h3-10,13-15,18H,11-12H2,1-2H3,(H,23,27)/t15-,18-/m0/s1. The maximum Gasteiger partial charge on any atom is 0.317 e. The SMILES string of the molecule is C[C@@H](c1ccc(-n2cncn2)cc1)N(C)C(=O)NC[C@H]1COc2ccccc2O1. The zero-order chi connectivity index (χ0) is 20.2. The number of hydrogen-bond donors (Lipinski definition) is 1. The van der Waals surface area contributed by atoms with Crippen LogP contribution in [0.15, 0.2) is 61.2 Å². The van der Waals surface area contributed by atoms with E-state index < -0.39 is 0 Å². The van der Waals surface area contributed by atoms with Gasteiger partial charge in [-0.15, -0.1) is 0 Å². The van der Waals surface area contributed by atoms with Crippen LogP contribution in [0.4, 0.5) is 4.79 Å². The second kappa shape index (κ2) is 8.22. The van der Waals surface area contributed by atoms with E-state index in [1.165, 1.54) is 6.33 Å². The molecule has 1 aliphatic heterocycles. The molecule has 1 N–H and O–H groups in total. The van der Waals surface area contributed by atoms with Crippen LogP contribution in [0.25, 0.3) is 5.69 Å². The zero-order valence-corrected chi connectivity index (χ0v) is 16.4. The van der Waals surface area contributed by atoms with Crippen molar-refractivity contribution < 1.29 is 14.3 Å². The molecule has 29 heavy (non-hydrogen) atoms. The van der Waals surface area contributed by atoms with E-state index in [0.717, 1.165) is 17.0 Å². The van der Waals surface area contributed by atoms with Crippen LogP contribution in [0.1, 0.15) is 18.5 Å². The van der Waals surface area contributed by atoms with Crippen molar-refractivity contribution in [2.75, 3.05) is 20.2 Å². The minimum Gasteiger partial charge on any atom is -0.486 e. The van der Waals surface area contributed by atoms with E-state index in [2.05, 4.69) is 15.4 Å². The maximum absolute atomic E-state index is 12.6. The molecule has 3 aromatic rings. The molecule has 0 aliphatic carbocycles. The van der Waals surface area contributed by atoms with Gasteiger partial charge in [0.2, 0.25) is 0 Å². The van der Waals surface area contributed by atoms with Crippen LogP contribution in [0, 0.1) is 0 Å². The second-order valence-electron chi connectivity index (χ2n) is 6.90. The largest absolute Gasteiger partial charge is 0.486 e. The number of carbonyl (C=O) groups is 1. The third-order valence-corrected chi connectivity index (χ3v) is 5.01. The first kappa shape index (κ1) is 18.8. The van der Waals surface area contributed by atoms with Crippen molar-refractivity contribution in [3.63, 3.8) is 0 Å². The van der Waals surface area contributed by atoms with Gasteiger partial charge < -0.3 is 19.7 Å². The van der Waals surface area contributed by atoms with Gasteiger partial charge in [-0.25, -0.2) is 14.5 Å². The summed E-state index contributed by atoms with van der Waals surface area (Å²) in [6.45, 7) is 2.76. The number of ether oxygens (including phenoxy) is 2. The lowest BCUT2D eigenvalue weighted by atomic mass is 10.1. The van der Waals surface area contributed by atoms with E-state index >= 15 is 0 Å². The van der Waals surface area contributed by atoms with Crippen molar-refractivity contribution in [2.24, 2.45) is 0 Å². The fourth-order valence-corrected chi connectivity index (χ4v) is 3.14. The lowest BCUT2D eigenvalue weighted by Gasteiger charge is -2.29. The van der Waals surface area contributed by atoms with Gasteiger partial charge in [-0.1, -0.05) is 24.3 Å². The Labute approximate surface area is 169 Å². The van der Waals surface area contributed by atoms with Crippen molar-refractivity contribution >= 4 is 6.03 Å². The molecule has 1 aliphatic rings. The van der Waals surface area contributed by atoms with Crippen LogP contribution in [0.2, 0.25) is 0 Å². The molecule has 0 saturated carbocycles. The van der Waals surface area contributed by atoms with Gasteiger partial charge in [0.1, 0.15) is 19.3 Å². The summed E-state index contributed by atoms with van der Waals surface area (Å²) in [4.78, 5) is 18.2. The third kappa shape index (κ3) is 4.16. The number of aromatic nitrogens is 3. The van der Waals surface area contributed by atoms with Crippen molar-refractivity contribution in [3.8, 4) is 17.2 Å². The average Bonchev–Trinajstić information content (AvgIpc) is 3.31. The topological polar surface area (TPSA) is 81.5 Å². The first-order valence-corrected chi connectivity index (χ1v) is 9.46. The van der Waals surface area contributed by atoms with Crippen LogP contribution in [0.5, 0.6) is 11.5 Å². The van der Waals surface area contributed by atoms with E-state index in [0.29, 0.717) is 18.9 Å². The summed E-state index contributed by atoms with van der Waals surface area (Å²) in [6.07, 6.45) is 2.92. The molecule has 150 valence electrons. The molecule has 0 radical (unpaired) electrons. The number of rotatable bonds is 5. The highest BCUT2D eigenvalue weighted by Gasteiger charge is 2.23. The molecule has 0 fully saturated rings. The molecule has 2 atom stereocenters. The van der Waals surface area contributed by atoms with E-state index in [1.807, 2.05) is 55.5 Å². The molecule has 2 heterocycles. The Morgan fingerprint density at radius 1 is 1.24 bits per heavy atom. The normalized spacial score (nSPS) is 16.1. The lowest BCUT2D eigenvalue weighted by molar-refractivity contribution is 0.0899. The highest BCUT2D eigenvalue weighted by molar-refractivity contribution is 5.74. The molecule has 0 spiro atoms. The summed E-state index contributed by atoms with van der Waals surface area (Å²) in [7, 11) is 1.78. The monoisotopic (exact) mass is 393 g/mol. The second-order valence-corrected chi connectivity index (χ2v) is 6.90. The highest BCUT2D eigenvalue weighted by atomic mass is 16.6. The summed E-state index contributed by atoms with van der Waals surface area (Å²) in [5.41, 5.74) is 1.94. The lowest BCUT2D eigenvalue weighted by Crippen LogP contribution is -2.45. The number of nitrogens with one attached hydrogen (secondary N) is 1. The Morgan fingerprint density at radius 2 is 2.00 bits per heavy atom. The molecule has 0 unspecified atom stereocenters. The van der Waals surface area contributed by atoms with Gasteiger partial charge in [-0.2, -0.15) is 5.10 Å². The number of carbonyl (C=O) groups excluding carboxylic acids is 1. The van der Waals surface area contributed by atoms with Gasteiger partial charge in [0, 0.05) is 7.05 Å². The number of fused-ring (bicyclic) bond motifs is 1. The van der Waals surface area contributed by atoms with Crippen LogP contribution in [-0.2, 0) is 0 Å². The molecule has 1 aromatic heterocycles. The van der Waals surface area contributed by atoms with Gasteiger partial charge in [0.25, 0.3) is 0 Å². The first-order valence-electron chi connectivity index (χ1n) is 9.46. The van der Waals surface area contributed by atoms with Crippen LogP contribution < -0.4 is 14.8 Å². The Kier molecular flexibility index (Phi) is 5.33. The van der Waals surface area contributed by atoms with Crippen molar-refractivity contribution in [1.82, 2.24) is 25.0 Å². The zero-order valence-electron chi connectivity index (χ0n) is 16.4. The summed E-state index contributed by atoms with van der Waals surface area (Å²) >= 11 is 0. The molecular weight excluding hydrogens is 370 g/mol. The highest BCUT2D eigenvalue weighted by Crippen LogP contribution is 2.30. The Hall–Kier alpha value is -3.55. The molecule has 2 amide bonds. The van der Waals surface area contributed by atoms with Crippen LogP contribution in [0.3, 0.4) is 0 Å². The van der Waals surface area contributed by atoms with E-state index in [1.54, 1.807) is 23.0 Å². The predicted molar refractivity (Wildman–Crippen MR) is 107 cm³/mol. The van der Waals surface area contributed by atoms with Gasteiger partial charge in [-0.3, -0.25) is 0 Å². The smallest absolute Gasteiger partial charge is 0.317 e. The minimum absolute atomic E-state index is 0.0935. The van der Waals surface area contributed by atoms with Crippen molar-refractivity contribution in [2.45, 2.75) is 19.1 Å². The van der Waals surface area contributed by atoms with E-state index in [-0.39, 0.29) is 18.2 Å². The molecule has 8 nitrogen and oxygen atoms in total. The van der Waals surface area contributed by atoms with Crippen LogP contribution in [-0.4, -0.2) is 52.0 Å². The minimum atomic E-state index is -0.223. The number of nitrogens with zero attached hydrogens (tertiary/aromatic N) is 4. The van der Waals surface area contributed by atoms with Crippen LogP contribution >= 0.6 is 0 Å². The Balaban J connectivity index is 1.32. The fraction of sp³-hybridized carbons (Fsp3) is 0.286. The summed E-state index contributed by atoms with van der Waals surface area (Å²) in [6, 6.07) is 15.2. The molecular formula is C21H23N5O3. The quantitative estimate of drug-likeness (QED) is 0.721. The maximum atomic E-state index is 12.6. The van der Waals surface area contributed by atoms with Gasteiger partial charge in [0.05, 0.1) is 18.3 Å².